The molecule has 6 nitrogen and oxygen atoms in total. The van der Waals surface area contributed by atoms with Gasteiger partial charge in [-0.1, -0.05) is 23.7 Å². The molecule has 2 N–H and O–H groups in total. The highest BCUT2D eigenvalue weighted by Crippen LogP contribution is 2.26. The van der Waals surface area contributed by atoms with Crippen LogP contribution in [0.1, 0.15) is 31.6 Å². The lowest BCUT2D eigenvalue weighted by Gasteiger charge is -2.15. The van der Waals surface area contributed by atoms with Gasteiger partial charge >= 0.3 is 0 Å². The Hall–Kier alpha value is -1.60. The Bertz CT molecular complexity index is 588. The third-order valence-corrected chi connectivity index (χ3v) is 4.40. The van der Waals surface area contributed by atoms with Crippen LogP contribution >= 0.6 is 22.9 Å². The number of thiophene rings is 1. The number of rotatable bonds is 6. The summed E-state index contributed by atoms with van der Waals surface area (Å²) in [7, 11) is 0. The predicted molar refractivity (Wildman–Crippen MR) is 86.3 cm³/mol. The van der Waals surface area contributed by atoms with Crippen LogP contribution in [0.25, 0.3) is 0 Å². The third kappa shape index (κ3) is 4.20. The number of amides is 2. The van der Waals surface area contributed by atoms with Gasteiger partial charge in [0.05, 0.1) is 9.21 Å². The highest BCUT2D eigenvalue weighted by Gasteiger charge is 2.31. The summed E-state index contributed by atoms with van der Waals surface area (Å²) in [6.07, 6.45) is 0.502. The number of halogens is 1. The first-order valence-electron chi connectivity index (χ1n) is 7.07. The molecule has 120 valence electrons. The lowest BCUT2D eigenvalue weighted by molar-refractivity contribution is -0.135. The fraction of sp³-hybridized carbons (Fsp3) is 0.500. The van der Waals surface area contributed by atoms with Crippen LogP contribution in [0.4, 0.5) is 0 Å². The van der Waals surface area contributed by atoms with E-state index in [1.54, 1.807) is 13.0 Å². The van der Waals surface area contributed by atoms with Crippen molar-refractivity contribution < 1.29 is 14.4 Å². The van der Waals surface area contributed by atoms with E-state index in [1.807, 2.05) is 13.0 Å². The summed E-state index contributed by atoms with van der Waals surface area (Å²) in [6, 6.07) is 3.01. The largest absolute Gasteiger partial charge is 0.382 e. The normalized spacial score (nSPS) is 18.3. The van der Waals surface area contributed by atoms with E-state index in [9.17, 15) is 9.59 Å². The smallest absolute Gasteiger partial charge is 0.264 e. The van der Waals surface area contributed by atoms with Gasteiger partial charge in [-0.3, -0.25) is 9.59 Å². The molecule has 2 rings (SSSR count). The van der Waals surface area contributed by atoms with Crippen LogP contribution in [-0.4, -0.2) is 36.2 Å². The minimum absolute atomic E-state index is 0.209. The van der Waals surface area contributed by atoms with Gasteiger partial charge in [0.2, 0.25) is 12.0 Å². The van der Waals surface area contributed by atoms with Crippen molar-refractivity contribution in [2.24, 2.45) is 5.16 Å². The summed E-state index contributed by atoms with van der Waals surface area (Å²) in [6.45, 7) is 4.19. The van der Waals surface area contributed by atoms with Crippen LogP contribution < -0.4 is 10.6 Å². The first kappa shape index (κ1) is 16.8. The molecule has 2 atom stereocenters. The zero-order valence-corrected chi connectivity index (χ0v) is 14.0. The van der Waals surface area contributed by atoms with Crippen molar-refractivity contribution in [1.82, 2.24) is 10.6 Å². The highest BCUT2D eigenvalue weighted by molar-refractivity contribution is 7.18. The Labute approximate surface area is 137 Å². The Balaban J connectivity index is 1.84. The number of nitrogens with zero attached hydrogens (tertiary/aromatic N) is 1. The average Bonchev–Trinajstić information content (AvgIpc) is 3.13. The fourth-order valence-electron chi connectivity index (χ4n) is 1.91. The Morgan fingerprint density at radius 1 is 1.55 bits per heavy atom. The van der Waals surface area contributed by atoms with Crippen molar-refractivity contribution in [3.63, 3.8) is 0 Å². The van der Waals surface area contributed by atoms with Gasteiger partial charge in [0, 0.05) is 13.0 Å². The molecule has 0 aliphatic carbocycles. The number of oxime groups is 1. The Kier molecular flexibility index (Phi) is 5.79. The molecule has 0 fully saturated rings. The minimum atomic E-state index is -0.711. The van der Waals surface area contributed by atoms with Gasteiger partial charge in [0.1, 0.15) is 11.8 Å². The second kappa shape index (κ2) is 7.60. The highest BCUT2D eigenvalue weighted by atomic mass is 35.5. The minimum Gasteiger partial charge on any atom is -0.382 e. The average molecular weight is 344 g/mol. The quantitative estimate of drug-likeness (QED) is 0.828. The van der Waals surface area contributed by atoms with E-state index in [2.05, 4.69) is 15.8 Å². The molecule has 2 heterocycles. The van der Waals surface area contributed by atoms with E-state index in [0.29, 0.717) is 23.0 Å². The van der Waals surface area contributed by atoms with Gasteiger partial charge < -0.3 is 15.5 Å². The molecule has 0 aromatic carbocycles. The number of carbonyl (C=O) groups is 2. The summed E-state index contributed by atoms with van der Waals surface area (Å²) in [5.41, 5.74) is 0.695. The Morgan fingerprint density at radius 3 is 2.95 bits per heavy atom. The monoisotopic (exact) mass is 343 g/mol. The number of carbonyl (C=O) groups excluding carboxylic acids is 2. The number of hydrogen-bond acceptors (Lipinski definition) is 5. The van der Waals surface area contributed by atoms with Crippen molar-refractivity contribution in [2.75, 3.05) is 6.54 Å². The van der Waals surface area contributed by atoms with Crippen LogP contribution in [0.5, 0.6) is 0 Å². The molecule has 0 bridgehead atoms. The lowest BCUT2D eigenvalue weighted by atomic mass is 10.1. The van der Waals surface area contributed by atoms with E-state index < -0.39 is 12.1 Å². The van der Waals surface area contributed by atoms with Crippen molar-refractivity contribution in [2.45, 2.75) is 38.8 Å². The van der Waals surface area contributed by atoms with Crippen LogP contribution in [0.3, 0.4) is 0 Å². The molecule has 1 aromatic heterocycles. The van der Waals surface area contributed by atoms with Crippen LogP contribution in [0.2, 0.25) is 4.34 Å². The second-order valence-electron chi connectivity index (χ2n) is 4.96. The summed E-state index contributed by atoms with van der Waals surface area (Å²) in [5, 5.41) is 9.30. The van der Waals surface area contributed by atoms with E-state index in [-0.39, 0.29) is 11.8 Å². The van der Waals surface area contributed by atoms with E-state index in [1.165, 1.54) is 11.3 Å². The summed E-state index contributed by atoms with van der Waals surface area (Å²) in [4.78, 5) is 29.9. The maximum Gasteiger partial charge on any atom is 0.264 e. The van der Waals surface area contributed by atoms with Gasteiger partial charge in [0.25, 0.3) is 5.91 Å². The van der Waals surface area contributed by atoms with Gasteiger partial charge in [-0.25, -0.2) is 0 Å². The topological polar surface area (TPSA) is 79.8 Å². The number of hydrogen-bond donors (Lipinski definition) is 2. The molecule has 0 unspecified atom stereocenters. The van der Waals surface area contributed by atoms with Gasteiger partial charge in [-0.2, -0.15) is 0 Å². The standard InChI is InChI=1S/C14H18ClN3O3S/c1-3-6-16-13(19)8(2)17-14(20)10-7-9(18-21-10)11-4-5-12(15)22-11/h4-5,8,10H,3,6-7H2,1-2H3,(H,16,19)(H,17,20)/t8-,10+/m0/s1. The zero-order chi connectivity index (χ0) is 16.1. The third-order valence-electron chi connectivity index (χ3n) is 3.12. The van der Waals surface area contributed by atoms with Gasteiger partial charge in [-0.15, -0.1) is 11.3 Å². The Morgan fingerprint density at radius 2 is 2.32 bits per heavy atom. The van der Waals surface area contributed by atoms with E-state index in [0.717, 1.165) is 11.3 Å². The molecule has 8 heteroatoms. The van der Waals surface area contributed by atoms with Crippen molar-refractivity contribution in [1.29, 1.82) is 0 Å². The van der Waals surface area contributed by atoms with Crippen molar-refractivity contribution in [3.8, 4) is 0 Å². The van der Waals surface area contributed by atoms with Crippen LogP contribution in [0.15, 0.2) is 17.3 Å². The second-order valence-corrected chi connectivity index (χ2v) is 6.68. The predicted octanol–water partition coefficient (Wildman–Crippen LogP) is 1.93. The van der Waals surface area contributed by atoms with Gasteiger partial charge in [-0.05, 0) is 25.5 Å². The summed E-state index contributed by atoms with van der Waals surface area (Å²) < 4.78 is 0.659. The van der Waals surface area contributed by atoms with Crippen molar-refractivity contribution in [3.05, 3.63) is 21.3 Å². The van der Waals surface area contributed by atoms with Crippen LogP contribution in [0, 0.1) is 0 Å². The molecular weight excluding hydrogens is 326 g/mol. The maximum absolute atomic E-state index is 12.1. The molecule has 2 amide bonds. The van der Waals surface area contributed by atoms with Crippen LogP contribution in [-0.2, 0) is 14.4 Å². The molecule has 0 saturated carbocycles. The molecule has 1 aliphatic heterocycles. The molecule has 0 spiro atoms. The SMILES string of the molecule is CCCNC(=O)[C@H](C)NC(=O)[C@H]1CC(c2ccc(Cl)s2)=NO1. The molecular formula is C14H18ClN3O3S. The van der Waals surface area contributed by atoms with E-state index >= 15 is 0 Å². The fourth-order valence-corrected chi connectivity index (χ4v) is 2.94. The zero-order valence-electron chi connectivity index (χ0n) is 12.4. The molecule has 22 heavy (non-hydrogen) atoms. The van der Waals surface area contributed by atoms with Crippen molar-refractivity contribution >= 4 is 40.5 Å². The maximum atomic E-state index is 12.1. The number of nitrogens with one attached hydrogen (secondary N) is 2. The van der Waals surface area contributed by atoms with E-state index in [4.69, 9.17) is 16.4 Å². The summed E-state index contributed by atoms with van der Waals surface area (Å²) >= 11 is 7.27. The molecule has 0 radical (unpaired) electrons. The first-order chi connectivity index (χ1) is 10.5. The lowest BCUT2D eigenvalue weighted by Crippen LogP contribution is -2.48. The molecule has 1 aliphatic rings. The van der Waals surface area contributed by atoms with Gasteiger partial charge in [0.15, 0.2) is 0 Å². The molecule has 0 saturated heterocycles. The molecule has 1 aromatic rings. The summed E-state index contributed by atoms with van der Waals surface area (Å²) in [5.74, 6) is -0.556. The first-order valence-corrected chi connectivity index (χ1v) is 8.27.